The molecule has 0 N–H and O–H groups in total. The van der Waals surface area contributed by atoms with Gasteiger partial charge < -0.3 is 0 Å². The van der Waals surface area contributed by atoms with E-state index >= 15 is 0 Å². The highest BCUT2D eigenvalue weighted by Crippen LogP contribution is 2.66. The number of hydrogen-bond donors (Lipinski definition) is 0. The Bertz CT molecular complexity index is 721. The van der Waals surface area contributed by atoms with Gasteiger partial charge in [0.15, 0.2) is 5.78 Å². The third-order valence-corrected chi connectivity index (χ3v) is 7.94. The molecule has 24 heavy (non-hydrogen) atoms. The first-order valence-electron chi connectivity index (χ1n) is 9.42. The van der Waals surface area contributed by atoms with Crippen LogP contribution in [0.5, 0.6) is 0 Å². The lowest BCUT2D eigenvalue weighted by molar-refractivity contribution is -0.116. The lowest BCUT2D eigenvalue weighted by Crippen LogP contribution is -2.48. The molecule has 2 nitrogen and oxygen atoms in total. The maximum absolute atomic E-state index is 11.9. The maximum Gasteiger partial charge on any atom is 0.156 e. The number of fused-ring (bicyclic) bond motifs is 5. The van der Waals surface area contributed by atoms with Gasteiger partial charge in [0.05, 0.1) is 12.0 Å². The Morgan fingerprint density at radius 2 is 2.08 bits per heavy atom. The summed E-state index contributed by atoms with van der Waals surface area (Å²) in [6.07, 6.45) is 13.8. The minimum absolute atomic E-state index is 0.0829. The molecule has 0 saturated heterocycles. The molecule has 0 heterocycles. The molecule has 2 fully saturated rings. The molecule has 0 aromatic heterocycles. The van der Waals surface area contributed by atoms with E-state index in [4.69, 9.17) is 0 Å². The third-order valence-electron chi connectivity index (χ3n) is 7.94. The smallest absolute Gasteiger partial charge is 0.156 e. The van der Waals surface area contributed by atoms with Crippen molar-refractivity contribution < 1.29 is 4.79 Å². The van der Waals surface area contributed by atoms with Gasteiger partial charge in [0.25, 0.3) is 0 Å². The Balaban J connectivity index is 1.77. The van der Waals surface area contributed by atoms with Crippen molar-refractivity contribution in [1.82, 2.24) is 0 Å². The molecule has 0 spiro atoms. The summed E-state index contributed by atoms with van der Waals surface area (Å²) in [6, 6.07) is 2.62. The minimum atomic E-state index is 0.0829. The van der Waals surface area contributed by atoms with E-state index in [0.29, 0.717) is 24.2 Å². The molecule has 126 valence electrons. The topological polar surface area (TPSA) is 40.9 Å². The van der Waals surface area contributed by atoms with Gasteiger partial charge in [-0.1, -0.05) is 37.6 Å². The molecule has 2 saturated carbocycles. The standard InChI is InChI=1S/C22H27NO/c1-4-14-11-19-17-6-5-15-12-16(24)7-9-21(15,2)18(17)8-10-22(19,3)20(14)13-23/h4-6,12,17-20H,7-11H2,1-3H3/t17-,18+,19+,20+,21+,22+/m1/s1. The molecule has 0 aromatic rings. The fourth-order valence-electron chi connectivity index (χ4n) is 6.40. The van der Waals surface area contributed by atoms with Crippen molar-refractivity contribution in [3.63, 3.8) is 0 Å². The van der Waals surface area contributed by atoms with E-state index in [1.807, 2.05) is 6.08 Å². The third kappa shape index (κ3) is 1.91. The number of rotatable bonds is 0. The van der Waals surface area contributed by atoms with E-state index in [-0.39, 0.29) is 22.5 Å². The highest BCUT2D eigenvalue weighted by atomic mass is 16.1. The second kappa shape index (κ2) is 5.19. The van der Waals surface area contributed by atoms with Crippen LogP contribution in [0.1, 0.15) is 52.9 Å². The van der Waals surface area contributed by atoms with E-state index in [9.17, 15) is 10.1 Å². The molecule has 4 aliphatic rings. The summed E-state index contributed by atoms with van der Waals surface area (Å²) >= 11 is 0. The van der Waals surface area contributed by atoms with E-state index in [0.717, 1.165) is 19.3 Å². The van der Waals surface area contributed by atoms with Gasteiger partial charge in [-0.3, -0.25) is 4.79 Å². The molecule has 2 heteroatoms. The first-order valence-corrected chi connectivity index (χ1v) is 9.42. The number of carbonyl (C=O) groups excluding carboxylic acids is 1. The van der Waals surface area contributed by atoms with E-state index in [1.54, 1.807) is 0 Å². The van der Waals surface area contributed by atoms with E-state index in [1.165, 1.54) is 17.6 Å². The minimum Gasteiger partial charge on any atom is -0.295 e. The molecule has 0 aliphatic heterocycles. The summed E-state index contributed by atoms with van der Waals surface area (Å²) in [5, 5.41) is 9.78. The zero-order valence-electron chi connectivity index (χ0n) is 15.0. The Morgan fingerprint density at radius 3 is 2.79 bits per heavy atom. The Hall–Kier alpha value is -1.62. The van der Waals surface area contributed by atoms with Crippen LogP contribution in [0.2, 0.25) is 0 Å². The highest BCUT2D eigenvalue weighted by Gasteiger charge is 2.59. The zero-order valence-corrected chi connectivity index (χ0v) is 15.0. The molecule has 6 atom stereocenters. The quantitative estimate of drug-likeness (QED) is 0.590. The predicted molar refractivity (Wildman–Crippen MR) is 94.9 cm³/mol. The van der Waals surface area contributed by atoms with E-state index in [2.05, 4.69) is 45.1 Å². The number of hydrogen-bond acceptors (Lipinski definition) is 2. The summed E-state index contributed by atoms with van der Waals surface area (Å²) in [5.41, 5.74) is 2.87. The number of nitriles is 1. The first-order chi connectivity index (χ1) is 11.4. The van der Waals surface area contributed by atoms with Gasteiger partial charge in [-0.15, -0.1) is 0 Å². The molecule has 0 radical (unpaired) electrons. The number of ketones is 1. The molecule has 0 unspecified atom stereocenters. The second-order valence-electron chi connectivity index (χ2n) is 8.81. The number of allylic oxidation sites excluding steroid dienone is 6. The SMILES string of the molecule is CC=C1C[C@H]2[C@@H]3C=CC4=CC(=O)CC[C@]4(C)[C@H]3CC[C@]2(C)[C@H]1C#N. The number of nitrogens with zero attached hydrogens (tertiary/aromatic N) is 1. The van der Waals surface area contributed by atoms with Crippen LogP contribution in [0, 0.1) is 45.8 Å². The van der Waals surface area contributed by atoms with Crippen molar-refractivity contribution in [3.8, 4) is 6.07 Å². The molecule has 4 rings (SSSR count). The van der Waals surface area contributed by atoms with Crippen molar-refractivity contribution in [2.24, 2.45) is 34.5 Å². The normalized spacial score (nSPS) is 48.3. The fourth-order valence-corrected chi connectivity index (χ4v) is 6.40. The van der Waals surface area contributed by atoms with Crippen LogP contribution in [-0.2, 0) is 4.79 Å². The predicted octanol–water partition coefficient (Wildman–Crippen LogP) is 4.99. The van der Waals surface area contributed by atoms with Crippen molar-refractivity contribution >= 4 is 5.78 Å². The fraction of sp³-hybridized carbons (Fsp3) is 0.636. The largest absolute Gasteiger partial charge is 0.295 e. The lowest BCUT2D eigenvalue weighted by atomic mass is 9.49. The van der Waals surface area contributed by atoms with Gasteiger partial charge in [0, 0.05) is 6.42 Å². The average molecular weight is 321 g/mol. The maximum atomic E-state index is 11.9. The summed E-state index contributed by atoms with van der Waals surface area (Å²) in [6.45, 7) is 6.82. The van der Waals surface area contributed by atoms with Crippen LogP contribution < -0.4 is 0 Å². The van der Waals surface area contributed by atoms with Gasteiger partial charge in [-0.05, 0) is 72.8 Å². The van der Waals surface area contributed by atoms with Crippen molar-refractivity contribution in [2.75, 3.05) is 0 Å². The first kappa shape index (κ1) is 15.9. The van der Waals surface area contributed by atoms with Crippen LogP contribution >= 0.6 is 0 Å². The van der Waals surface area contributed by atoms with Crippen LogP contribution in [-0.4, -0.2) is 5.78 Å². The average Bonchev–Trinajstić information content (AvgIpc) is 2.87. The van der Waals surface area contributed by atoms with Crippen LogP contribution in [0.3, 0.4) is 0 Å². The molecular formula is C22H27NO. The van der Waals surface area contributed by atoms with Crippen molar-refractivity contribution in [1.29, 1.82) is 5.26 Å². The second-order valence-corrected chi connectivity index (χ2v) is 8.81. The van der Waals surface area contributed by atoms with Gasteiger partial charge in [0.2, 0.25) is 0 Å². The molecule has 4 aliphatic carbocycles. The van der Waals surface area contributed by atoms with Crippen LogP contribution in [0.25, 0.3) is 0 Å². The summed E-state index contributed by atoms with van der Waals surface area (Å²) in [4.78, 5) is 11.9. The molecule has 0 aromatic carbocycles. The lowest BCUT2D eigenvalue weighted by Gasteiger charge is -2.55. The Labute approximate surface area is 145 Å². The van der Waals surface area contributed by atoms with Crippen molar-refractivity contribution in [2.45, 2.75) is 52.9 Å². The zero-order chi connectivity index (χ0) is 17.1. The summed E-state index contributed by atoms with van der Waals surface area (Å²) in [7, 11) is 0. The Kier molecular flexibility index (Phi) is 3.43. The highest BCUT2D eigenvalue weighted by molar-refractivity contribution is 5.92. The molecular weight excluding hydrogens is 294 g/mol. The molecule has 0 amide bonds. The van der Waals surface area contributed by atoms with Crippen molar-refractivity contribution in [3.05, 3.63) is 35.5 Å². The van der Waals surface area contributed by atoms with Gasteiger partial charge in [-0.2, -0.15) is 5.26 Å². The van der Waals surface area contributed by atoms with E-state index < -0.39 is 0 Å². The monoisotopic (exact) mass is 321 g/mol. The van der Waals surface area contributed by atoms with Gasteiger partial charge in [0.1, 0.15) is 0 Å². The number of carbonyl (C=O) groups is 1. The van der Waals surface area contributed by atoms with Crippen LogP contribution in [0.4, 0.5) is 0 Å². The summed E-state index contributed by atoms with van der Waals surface area (Å²) < 4.78 is 0. The van der Waals surface area contributed by atoms with Gasteiger partial charge >= 0.3 is 0 Å². The van der Waals surface area contributed by atoms with Gasteiger partial charge in [-0.25, -0.2) is 0 Å². The van der Waals surface area contributed by atoms with Crippen LogP contribution in [0.15, 0.2) is 35.5 Å². The Morgan fingerprint density at radius 1 is 1.29 bits per heavy atom. The summed E-state index contributed by atoms with van der Waals surface area (Å²) in [5.74, 6) is 2.11. The molecule has 0 bridgehead atoms.